The fourth-order valence-electron chi connectivity index (χ4n) is 1.42. The molecule has 1 unspecified atom stereocenters. The van der Waals surface area contributed by atoms with Crippen LogP contribution in [-0.2, 0) is 10.2 Å². The van der Waals surface area contributed by atoms with Crippen molar-refractivity contribution in [2.24, 2.45) is 5.84 Å². The third-order valence-corrected chi connectivity index (χ3v) is 3.23. The molecule has 1 aromatic rings. The Bertz CT molecular complexity index is 441. The van der Waals surface area contributed by atoms with Gasteiger partial charge in [-0.15, -0.1) is 0 Å². The van der Waals surface area contributed by atoms with Crippen LogP contribution in [0, 0.1) is 0 Å². The highest BCUT2D eigenvalue weighted by molar-refractivity contribution is 9.10. The third kappa shape index (κ3) is 3.71. The molecular weight excluding hydrogens is 296 g/mol. The van der Waals surface area contributed by atoms with Gasteiger partial charge in [-0.25, -0.2) is 5.84 Å². The molecule has 0 saturated carbocycles. The molecule has 0 aromatic heterocycles. The lowest BCUT2D eigenvalue weighted by Gasteiger charge is -2.21. The van der Waals surface area contributed by atoms with Gasteiger partial charge in [-0.3, -0.25) is 10.2 Å². The van der Waals surface area contributed by atoms with Crippen LogP contribution in [0.1, 0.15) is 33.3 Å². The maximum Gasteiger partial charge on any atom is 0.274 e. The fraction of sp³-hybridized carbons (Fsp3) is 0.462. The van der Waals surface area contributed by atoms with Crippen molar-refractivity contribution in [1.82, 2.24) is 5.43 Å². The smallest absolute Gasteiger partial charge is 0.274 e. The van der Waals surface area contributed by atoms with E-state index in [9.17, 15) is 4.79 Å². The first kappa shape index (κ1) is 15.0. The van der Waals surface area contributed by atoms with Crippen molar-refractivity contribution in [1.29, 1.82) is 0 Å². The Balaban J connectivity index is 2.90. The Morgan fingerprint density at radius 3 is 2.50 bits per heavy atom. The van der Waals surface area contributed by atoms with Crippen molar-refractivity contribution in [2.75, 3.05) is 0 Å². The van der Waals surface area contributed by atoms with E-state index in [-0.39, 0.29) is 11.3 Å². The second-order valence-corrected chi connectivity index (χ2v) is 6.02. The van der Waals surface area contributed by atoms with Crippen LogP contribution in [0.4, 0.5) is 0 Å². The maximum atomic E-state index is 11.3. The first-order chi connectivity index (χ1) is 8.25. The zero-order chi connectivity index (χ0) is 13.9. The van der Waals surface area contributed by atoms with E-state index in [4.69, 9.17) is 10.6 Å². The first-order valence-electron chi connectivity index (χ1n) is 5.73. The van der Waals surface area contributed by atoms with E-state index in [0.717, 1.165) is 4.47 Å². The minimum atomic E-state index is -0.633. The minimum absolute atomic E-state index is 0.0707. The molecule has 1 amide bonds. The number of nitrogens with two attached hydrogens (primary N) is 1. The molecule has 1 aromatic carbocycles. The lowest BCUT2D eigenvalue weighted by atomic mass is 9.87. The normalized spacial score (nSPS) is 13.0. The number of hydrogen-bond donors (Lipinski definition) is 2. The van der Waals surface area contributed by atoms with Crippen LogP contribution < -0.4 is 16.0 Å². The van der Waals surface area contributed by atoms with Crippen LogP contribution in [0.15, 0.2) is 22.7 Å². The van der Waals surface area contributed by atoms with E-state index in [2.05, 4.69) is 42.1 Å². The van der Waals surface area contributed by atoms with Gasteiger partial charge in [0.15, 0.2) is 6.10 Å². The summed E-state index contributed by atoms with van der Waals surface area (Å²) in [5, 5.41) is 0. The van der Waals surface area contributed by atoms with Crippen LogP contribution >= 0.6 is 15.9 Å². The molecule has 1 rings (SSSR count). The summed E-state index contributed by atoms with van der Waals surface area (Å²) in [6, 6.07) is 5.85. The number of ether oxygens (including phenoxy) is 1. The predicted octanol–water partition coefficient (Wildman–Crippen LogP) is 2.50. The molecule has 4 nitrogen and oxygen atoms in total. The zero-order valence-corrected chi connectivity index (χ0v) is 12.7. The van der Waals surface area contributed by atoms with E-state index in [1.54, 1.807) is 6.92 Å². The molecule has 0 aliphatic rings. The zero-order valence-electron chi connectivity index (χ0n) is 11.1. The monoisotopic (exact) mass is 314 g/mol. The number of halogens is 1. The Morgan fingerprint density at radius 1 is 1.44 bits per heavy atom. The third-order valence-electron chi connectivity index (χ3n) is 2.61. The van der Waals surface area contributed by atoms with Crippen molar-refractivity contribution in [2.45, 2.75) is 39.2 Å². The number of carbonyl (C=O) groups excluding carboxylic acids is 1. The lowest BCUT2D eigenvalue weighted by Crippen LogP contribution is -2.40. The molecule has 0 radical (unpaired) electrons. The maximum absolute atomic E-state index is 11.3. The van der Waals surface area contributed by atoms with E-state index >= 15 is 0 Å². The average Bonchev–Trinajstić information content (AvgIpc) is 2.29. The summed E-state index contributed by atoms with van der Waals surface area (Å²) in [6.45, 7) is 8.06. The highest BCUT2D eigenvalue weighted by atomic mass is 79.9. The summed E-state index contributed by atoms with van der Waals surface area (Å²) in [4.78, 5) is 11.3. The second-order valence-electron chi connectivity index (χ2n) is 5.16. The molecule has 0 aliphatic heterocycles. The number of nitrogens with one attached hydrogen (secondary N) is 1. The van der Waals surface area contributed by atoms with Gasteiger partial charge in [-0.2, -0.15) is 0 Å². The number of rotatable bonds is 3. The minimum Gasteiger partial charge on any atom is -0.480 e. The van der Waals surface area contributed by atoms with Crippen LogP contribution in [-0.4, -0.2) is 12.0 Å². The van der Waals surface area contributed by atoms with Gasteiger partial charge in [0.05, 0.1) is 4.47 Å². The quantitative estimate of drug-likeness (QED) is 0.512. The fourth-order valence-corrected chi connectivity index (χ4v) is 1.90. The number of amides is 1. The summed E-state index contributed by atoms with van der Waals surface area (Å²) in [7, 11) is 0. The van der Waals surface area contributed by atoms with Crippen LogP contribution in [0.2, 0.25) is 0 Å². The molecule has 0 heterocycles. The highest BCUT2D eigenvalue weighted by Gasteiger charge is 2.18. The molecule has 0 spiro atoms. The molecule has 18 heavy (non-hydrogen) atoms. The molecule has 5 heteroatoms. The molecule has 3 N–H and O–H groups in total. The van der Waals surface area contributed by atoms with Gasteiger partial charge < -0.3 is 4.74 Å². The molecule has 0 saturated heterocycles. The van der Waals surface area contributed by atoms with Crippen molar-refractivity contribution >= 4 is 21.8 Å². The standard InChI is InChI=1S/C13H19BrN2O2/c1-8(12(17)16-15)18-11-6-5-9(7-10(11)14)13(2,3)4/h5-8H,15H2,1-4H3,(H,16,17). The largest absolute Gasteiger partial charge is 0.480 e. The van der Waals surface area contributed by atoms with E-state index in [1.807, 2.05) is 18.2 Å². The second kappa shape index (κ2) is 5.71. The van der Waals surface area contributed by atoms with Crippen molar-refractivity contribution in [3.8, 4) is 5.75 Å². The molecular formula is C13H19BrN2O2. The van der Waals surface area contributed by atoms with Gasteiger partial charge in [0.2, 0.25) is 0 Å². The number of benzene rings is 1. The molecule has 1 atom stereocenters. The van der Waals surface area contributed by atoms with Crippen molar-refractivity contribution in [3.05, 3.63) is 28.2 Å². The Hall–Kier alpha value is -1.07. The Labute approximate surface area is 116 Å². The van der Waals surface area contributed by atoms with Crippen molar-refractivity contribution < 1.29 is 9.53 Å². The average molecular weight is 315 g/mol. The van der Waals surface area contributed by atoms with Gasteiger partial charge >= 0.3 is 0 Å². The predicted molar refractivity (Wildman–Crippen MR) is 75.3 cm³/mol. The Morgan fingerprint density at radius 2 is 2.06 bits per heavy atom. The van der Waals surface area contributed by atoms with Gasteiger partial charge in [0, 0.05) is 0 Å². The van der Waals surface area contributed by atoms with E-state index in [1.165, 1.54) is 5.56 Å². The highest BCUT2D eigenvalue weighted by Crippen LogP contribution is 2.31. The van der Waals surface area contributed by atoms with Crippen LogP contribution in [0.25, 0.3) is 0 Å². The molecule has 0 bridgehead atoms. The SMILES string of the molecule is CC(Oc1ccc(C(C)(C)C)cc1Br)C(=O)NN. The topological polar surface area (TPSA) is 64.3 Å². The molecule has 0 fully saturated rings. The lowest BCUT2D eigenvalue weighted by molar-refractivity contribution is -0.127. The van der Waals surface area contributed by atoms with Gasteiger partial charge in [-0.1, -0.05) is 26.8 Å². The molecule has 100 valence electrons. The number of carbonyl (C=O) groups is 1. The van der Waals surface area contributed by atoms with Gasteiger partial charge in [-0.05, 0) is 46.0 Å². The van der Waals surface area contributed by atoms with E-state index < -0.39 is 6.10 Å². The summed E-state index contributed by atoms with van der Waals surface area (Å²) < 4.78 is 6.35. The van der Waals surface area contributed by atoms with Crippen molar-refractivity contribution in [3.63, 3.8) is 0 Å². The number of hydrazine groups is 1. The first-order valence-corrected chi connectivity index (χ1v) is 6.52. The molecule has 0 aliphatic carbocycles. The van der Waals surface area contributed by atoms with Crippen LogP contribution in [0.3, 0.4) is 0 Å². The van der Waals surface area contributed by atoms with Gasteiger partial charge in [0.1, 0.15) is 5.75 Å². The van der Waals surface area contributed by atoms with Gasteiger partial charge in [0.25, 0.3) is 5.91 Å². The van der Waals surface area contributed by atoms with E-state index in [0.29, 0.717) is 5.75 Å². The summed E-state index contributed by atoms with van der Waals surface area (Å²) in [5.41, 5.74) is 3.32. The number of hydrogen-bond acceptors (Lipinski definition) is 3. The summed E-state index contributed by atoms with van der Waals surface area (Å²) in [5.74, 6) is 5.32. The summed E-state index contributed by atoms with van der Waals surface area (Å²) >= 11 is 3.45. The Kier molecular flexibility index (Phi) is 4.76. The summed E-state index contributed by atoms with van der Waals surface area (Å²) in [6.07, 6.45) is -0.633. The van der Waals surface area contributed by atoms with Crippen LogP contribution in [0.5, 0.6) is 5.75 Å².